The van der Waals surface area contributed by atoms with Gasteiger partial charge in [-0.25, -0.2) is 0 Å². The molecule has 0 spiro atoms. The third-order valence-corrected chi connectivity index (χ3v) is 14.0. The molecule has 24 heavy (non-hydrogen) atoms. The summed E-state index contributed by atoms with van der Waals surface area (Å²) in [6.45, 7) is 0. The summed E-state index contributed by atoms with van der Waals surface area (Å²) in [5.41, 5.74) is 0. The van der Waals surface area contributed by atoms with Gasteiger partial charge in [0.1, 0.15) is 5.75 Å². The summed E-state index contributed by atoms with van der Waals surface area (Å²) in [5, 5.41) is 8.63. The Morgan fingerprint density at radius 1 is 0.625 bits per heavy atom. The number of aromatic hydroxyl groups is 1. The Morgan fingerprint density at radius 3 is 1.29 bits per heavy atom. The zero-order chi connectivity index (χ0) is 17.0. The first-order chi connectivity index (χ1) is 11.8. The van der Waals surface area contributed by atoms with E-state index in [2.05, 4.69) is 0 Å². The van der Waals surface area contributed by atoms with Gasteiger partial charge in [0.25, 0.3) is 0 Å². The molecule has 0 unspecified atom stereocenters. The molecule has 0 saturated carbocycles. The number of para-hydroxylation sites is 3. The second-order valence-corrected chi connectivity index (χ2v) is 18.1. The minimum absolute atomic E-state index is 0.128. The van der Waals surface area contributed by atoms with Gasteiger partial charge >= 0.3 is 124 Å². The fourth-order valence-electron chi connectivity index (χ4n) is 1.77. The normalized spacial score (nSPS) is 9.88. The Hall–Kier alpha value is -1.38. The molecule has 0 atom stereocenters. The average Bonchev–Trinajstić information content (AvgIpc) is 2.64. The van der Waals surface area contributed by atoms with Gasteiger partial charge in [0.15, 0.2) is 0 Å². The van der Waals surface area contributed by atoms with Crippen LogP contribution in [-0.4, -0.2) is 49.0 Å². The molecular weight excluding hydrogens is 518 g/mol. The van der Waals surface area contributed by atoms with Crippen molar-refractivity contribution in [1.29, 1.82) is 0 Å². The summed E-state index contributed by atoms with van der Waals surface area (Å²) in [4.78, 5) is 0. The van der Waals surface area contributed by atoms with Crippen LogP contribution in [0.4, 0.5) is 0 Å². The predicted molar refractivity (Wildman–Crippen MR) is 100 cm³/mol. The third-order valence-electron chi connectivity index (χ3n) is 2.90. The molecule has 0 aliphatic rings. The van der Waals surface area contributed by atoms with Gasteiger partial charge in [-0.15, -0.1) is 0 Å². The zero-order valence-corrected chi connectivity index (χ0v) is 22.4. The van der Waals surface area contributed by atoms with Gasteiger partial charge < -0.3 is 5.11 Å². The number of hydrogen-bond donors (Lipinski definition) is 1. The summed E-state index contributed by atoms with van der Waals surface area (Å²) in [5.74, 6) is 1.98. The quantitative estimate of drug-likeness (QED) is 0.509. The molecule has 0 aliphatic heterocycles. The van der Waals surface area contributed by atoms with E-state index in [1.165, 1.54) is 0 Å². The first-order valence-corrected chi connectivity index (χ1v) is 13.8. The number of hydrogen-bond acceptors (Lipinski definition) is 4. The van der Waals surface area contributed by atoms with Crippen molar-refractivity contribution in [3.63, 3.8) is 0 Å². The van der Waals surface area contributed by atoms with Crippen molar-refractivity contribution in [2.45, 2.75) is 0 Å². The van der Waals surface area contributed by atoms with Crippen LogP contribution < -0.4 is 6.15 Å². The molecule has 0 amide bonds. The monoisotopic (exact) mass is 540 g/mol. The van der Waals surface area contributed by atoms with Crippen LogP contribution in [-0.2, 0) is 1.41 Å². The molecule has 0 aromatic heterocycles. The van der Waals surface area contributed by atoms with Gasteiger partial charge in [0.05, 0.1) is 0 Å². The van der Waals surface area contributed by atoms with Crippen molar-refractivity contribution in [3.8, 4) is 17.2 Å². The standard InChI is InChI=1S/3C6H6O.O.2Sn.4H/c3*7-6-4-2-1-3-5-6;;;;;;;/h3*1-5,7H;;;;;;;/q;;;;;+2;;;;/p-2. The molecule has 0 fully saturated rings. The summed E-state index contributed by atoms with van der Waals surface area (Å²) in [6.07, 6.45) is 0. The van der Waals surface area contributed by atoms with Crippen LogP contribution in [0.15, 0.2) is 91.0 Å². The number of benzene rings is 3. The Kier molecular flexibility index (Phi) is 8.86. The molecule has 0 bridgehead atoms. The van der Waals surface area contributed by atoms with Gasteiger partial charge in [0, 0.05) is 0 Å². The number of rotatable bonds is 5. The van der Waals surface area contributed by atoms with E-state index in [0.717, 1.165) is 11.5 Å². The number of phenols is 1. The molecule has 0 heterocycles. The van der Waals surface area contributed by atoms with E-state index in [4.69, 9.17) is 12.7 Å². The molecule has 4 nitrogen and oxygen atoms in total. The van der Waals surface area contributed by atoms with Gasteiger partial charge in [-0.05, 0) is 12.1 Å². The van der Waals surface area contributed by atoms with Crippen LogP contribution in [0.1, 0.15) is 0 Å². The minimum atomic E-state index is -2.80. The Bertz CT molecular complexity index is 640. The maximum absolute atomic E-state index is 8.63. The summed E-state index contributed by atoms with van der Waals surface area (Å²) < 4.78 is 17.1. The van der Waals surface area contributed by atoms with Gasteiger partial charge in [-0.3, -0.25) is 0 Å². The van der Waals surface area contributed by atoms with Crippen LogP contribution in [0.25, 0.3) is 0 Å². The third kappa shape index (κ3) is 7.46. The summed E-state index contributed by atoms with van der Waals surface area (Å²) in [7, 11) is 0. The van der Waals surface area contributed by atoms with Crippen LogP contribution in [0.5, 0.6) is 17.2 Å². The topological polar surface area (TPSA) is 47.9 Å². The Labute approximate surface area is 164 Å². The van der Waals surface area contributed by atoms with Gasteiger partial charge in [-0.1, -0.05) is 18.2 Å². The summed E-state index contributed by atoms with van der Waals surface area (Å²) >= 11 is -2.67. The van der Waals surface area contributed by atoms with Crippen molar-refractivity contribution >= 4 is 43.9 Å². The van der Waals surface area contributed by atoms with Crippen LogP contribution >= 0.6 is 0 Å². The molecule has 0 aliphatic carbocycles. The molecular formula is C18H20O4Sn2. The molecule has 0 radical (unpaired) electrons. The predicted octanol–water partition coefficient (Wildman–Crippen LogP) is 2.55. The number of phenolic OH excluding ortho intramolecular Hbond substituents is 1. The van der Waals surface area contributed by atoms with E-state index >= 15 is 0 Å². The molecule has 124 valence electrons. The maximum atomic E-state index is 8.63. The van der Waals surface area contributed by atoms with E-state index in [9.17, 15) is 0 Å². The van der Waals surface area contributed by atoms with E-state index in [1.54, 1.807) is 24.3 Å². The fourth-order valence-corrected chi connectivity index (χ4v) is 8.31. The van der Waals surface area contributed by atoms with Crippen LogP contribution in [0.3, 0.4) is 0 Å². The van der Waals surface area contributed by atoms with Crippen LogP contribution in [0, 0.1) is 0 Å². The molecule has 0 saturated heterocycles. The van der Waals surface area contributed by atoms with E-state index in [0.29, 0.717) is 5.75 Å². The first-order valence-electron chi connectivity index (χ1n) is 7.48. The van der Waals surface area contributed by atoms with Crippen molar-refractivity contribution in [3.05, 3.63) is 91.0 Å². The van der Waals surface area contributed by atoms with E-state index < -0.39 is 21.0 Å². The van der Waals surface area contributed by atoms with E-state index in [-0.39, 0.29) is 22.9 Å². The average molecular weight is 538 g/mol. The van der Waals surface area contributed by atoms with Crippen molar-refractivity contribution < 1.29 is 12.7 Å². The fraction of sp³-hybridized carbons (Fsp3) is 0. The molecule has 3 aromatic rings. The molecule has 3 aromatic carbocycles. The molecule has 6 heteroatoms. The Balaban J connectivity index is 0.000000249. The van der Waals surface area contributed by atoms with Crippen molar-refractivity contribution in [2.24, 2.45) is 0 Å². The van der Waals surface area contributed by atoms with Gasteiger partial charge in [-0.2, -0.15) is 0 Å². The van der Waals surface area contributed by atoms with Crippen LogP contribution in [0.2, 0.25) is 0 Å². The SMILES string of the molecule is Oc1ccccc1.[SnH3][O][SnH]([O]c1ccccc1)[O]c1ccccc1. The second-order valence-electron chi connectivity index (χ2n) is 4.72. The zero-order valence-electron chi connectivity index (χ0n) is 13.4. The Morgan fingerprint density at radius 2 is 1.00 bits per heavy atom. The van der Waals surface area contributed by atoms with Crippen molar-refractivity contribution in [1.82, 2.24) is 0 Å². The molecule has 3 rings (SSSR count). The molecule has 1 N–H and O–H groups in total. The van der Waals surface area contributed by atoms with Gasteiger partial charge in [0.2, 0.25) is 0 Å². The first kappa shape index (κ1) is 18.9. The van der Waals surface area contributed by atoms with E-state index in [1.807, 2.05) is 66.7 Å². The second kappa shape index (κ2) is 11.2. The van der Waals surface area contributed by atoms with Crippen molar-refractivity contribution in [2.75, 3.05) is 0 Å². The summed E-state index contributed by atoms with van der Waals surface area (Å²) in [6, 6.07) is 28.1.